The molecule has 18 heavy (non-hydrogen) atoms. The van der Waals surface area contributed by atoms with E-state index in [0.29, 0.717) is 0 Å². The quantitative estimate of drug-likeness (QED) is 0.587. The van der Waals surface area contributed by atoms with E-state index in [4.69, 9.17) is 0 Å². The standard InChI is InChI=1S/C14H16O.2ClH.Ti/c1-14(2,15)13-10-6-5-9-12(13)11-7-3-4-8-11;;;/h3-7,9-10,15H,8H2,1-2H3;2*1H;/q;;;+2/p-2. The largest absolute Gasteiger partial charge is 2.00 e. The predicted molar refractivity (Wildman–Crippen MR) is 63.4 cm³/mol. The van der Waals surface area contributed by atoms with Gasteiger partial charge in [0, 0.05) is 0 Å². The van der Waals surface area contributed by atoms with Gasteiger partial charge in [-0.05, 0) is 37.0 Å². The molecule has 1 aliphatic rings. The summed E-state index contributed by atoms with van der Waals surface area (Å²) in [5.74, 6) is 0. The van der Waals surface area contributed by atoms with Gasteiger partial charge in [0.05, 0.1) is 5.60 Å². The van der Waals surface area contributed by atoms with Crippen molar-refractivity contribution in [3.8, 4) is 0 Å². The molecule has 1 nitrogen and oxygen atoms in total. The third-order valence-electron chi connectivity index (χ3n) is 2.70. The molecule has 1 aromatic carbocycles. The number of allylic oxidation sites excluding steroid dienone is 4. The molecule has 1 aliphatic carbocycles. The van der Waals surface area contributed by atoms with Gasteiger partial charge in [-0.25, -0.2) is 0 Å². The topological polar surface area (TPSA) is 20.2 Å². The van der Waals surface area contributed by atoms with E-state index in [0.717, 1.165) is 17.5 Å². The Balaban J connectivity index is 0. The molecule has 0 unspecified atom stereocenters. The molecule has 0 aromatic heterocycles. The molecule has 0 bridgehead atoms. The van der Waals surface area contributed by atoms with Crippen LogP contribution in [0.15, 0.2) is 42.5 Å². The number of halogens is 2. The van der Waals surface area contributed by atoms with Crippen molar-refractivity contribution in [1.29, 1.82) is 0 Å². The first-order chi connectivity index (χ1) is 7.09. The van der Waals surface area contributed by atoms with Gasteiger partial charge < -0.3 is 29.9 Å². The fourth-order valence-electron chi connectivity index (χ4n) is 1.94. The molecule has 0 spiro atoms. The van der Waals surface area contributed by atoms with Crippen LogP contribution in [0.1, 0.15) is 31.4 Å². The summed E-state index contributed by atoms with van der Waals surface area (Å²) in [7, 11) is 0. The molecule has 4 heteroatoms. The summed E-state index contributed by atoms with van der Waals surface area (Å²) in [5.41, 5.74) is 2.67. The van der Waals surface area contributed by atoms with Crippen molar-refractivity contribution in [3.63, 3.8) is 0 Å². The smallest absolute Gasteiger partial charge is 1.00 e. The number of benzene rings is 1. The van der Waals surface area contributed by atoms with E-state index in [1.54, 1.807) is 0 Å². The minimum absolute atomic E-state index is 0. The average molecular weight is 319 g/mol. The van der Waals surface area contributed by atoms with E-state index in [1.165, 1.54) is 5.57 Å². The predicted octanol–water partition coefficient (Wildman–Crippen LogP) is -2.74. The van der Waals surface area contributed by atoms with E-state index in [1.807, 2.05) is 32.0 Å². The van der Waals surface area contributed by atoms with Gasteiger partial charge in [-0.15, -0.1) is 0 Å². The summed E-state index contributed by atoms with van der Waals surface area (Å²) < 4.78 is 0. The van der Waals surface area contributed by atoms with E-state index in [2.05, 4.69) is 24.3 Å². The van der Waals surface area contributed by atoms with Gasteiger partial charge in [-0.2, -0.15) is 0 Å². The molecule has 0 saturated carbocycles. The Morgan fingerprint density at radius 2 is 1.72 bits per heavy atom. The first-order valence-corrected chi connectivity index (χ1v) is 5.27. The monoisotopic (exact) mass is 318 g/mol. The van der Waals surface area contributed by atoms with Crippen LogP contribution in [-0.2, 0) is 27.3 Å². The zero-order chi connectivity index (χ0) is 10.9. The van der Waals surface area contributed by atoms with Crippen LogP contribution in [0.5, 0.6) is 0 Å². The molecule has 0 heterocycles. The zero-order valence-electron chi connectivity index (χ0n) is 10.5. The fourth-order valence-corrected chi connectivity index (χ4v) is 1.94. The Morgan fingerprint density at radius 1 is 1.11 bits per heavy atom. The van der Waals surface area contributed by atoms with Gasteiger partial charge in [0.15, 0.2) is 0 Å². The van der Waals surface area contributed by atoms with Crippen molar-refractivity contribution in [2.45, 2.75) is 25.9 Å². The molecular formula is C14H16Cl2OTi. The van der Waals surface area contributed by atoms with E-state index < -0.39 is 5.60 Å². The number of hydrogen-bond acceptors (Lipinski definition) is 1. The molecule has 0 saturated heterocycles. The van der Waals surface area contributed by atoms with Crippen LogP contribution in [0.2, 0.25) is 0 Å². The molecule has 0 atom stereocenters. The van der Waals surface area contributed by atoms with Crippen molar-refractivity contribution in [2.24, 2.45) is 0 Å². The van der Waals surface area contributed by atoms with Gasteiger partial charge in [0.2, 0.25) is 0 Å². The second kappa shape index (κ2) is 8.19. The Hall–Kier alpha value is -0.0457. The molecule has 0 aliphatic heterocycles. The summed E-state index contributed by atoms with van der Waals surface area (Å²) in [6.45, 7) is 3.66. The van der Waals surface area contributed by atoms with Crippen molar-refractivity contribution in [2.75, 3.05) is 0 Å². The maximum Gasteiger partial charge on any atom is 2.00 e. The maximum atomic E-state index is 10.1. The minimum Gasteiger partial charge on any atom is -1.00 e. The molecule has 96 valence electrons. The van der Waals surface area contributed by atoms with Crippen LogP contribution in [0.25, 0.3) is 5.57 Å². The van der Waals surface area contributed by atoms with Crippen molar-refractivity contribution >= 4 is 5.57 Å². The molecule has 0 fully saturated rings. The van der Waals surface area contributed by atoms with Crippen LogP contribution >= 0.6 is 0 Å². The SMILES string of the molecule is CC(C)(O)c1ccccc1C1=CC=CC1.[Cl-].[Cl-].[Ti+2]. The van der Waals surface area contributed by atoms with E-state index in [9.17, 15) is 5.11 Å². The number of aliphatic hydroxyl groups is 1. The normalized spacial score (nSPS) is 12.9. The molecule has 1 aromatic rings. The van der Waals surface area contributed by atoms with Gasteiger partial charge in [0.1, 0.15) is 0 Å². The molecule has 2 rings (SSSR count). The number of rotatable bonds is 2. The van der Waals surface area contributed by atoms with Crippen molar-refractivity contribution in [3.05, 3.63) is 53.6 Å². The molecule has 0 radical (unpaired) electrons. The summed E-state index contributed by atoms with van der Waals surface area (Å²) in [4.78, 5) is 0. The second-order valence-electron chi connectivity index (χ2n) is 4.43. The summed E-state index contributed by atoms with van der Waals surface area (Å²) >= 11 is 0. The average Bonchev–Trinajstić information content (AvgIpc) is 2.69. The fraction of sp³-hybridized carbons (Fsp3) is 0.286. The molecular weight excluding hydrogens is 303 g/mol. The molecule has 0 amide bonds. The second-order valence-corrected chi connectivity index (χ2v) is 4.43. The van der Waals surface area contributed by atoms with Crippen LogP contribution in [-0.4, -0.2) is 5.11 Å². The first-order valence-electron chi connectivity index (χ1n) is 5.27. The van der Waals surface area contributed by atoms with E-state index >= 15 is 0 Å². The Labute approximate surface area is 136 Å². The van der Waals surface area contributed by atoms with Gasteiger partial charge in [-0.1, -0.05) is 42.5 Å². The Kier molecular flexibility index (Phi) is 9.23. The Morgan fingerprint density at radius 3 is 2.22 bits per heavy atom. The van der Waals surface area contributed by atoms with Crippen LogP contribution in [0, 0.1) is 0 Å². The van der Waals surface area contributed by atoms with Gasteiger partial charge in [0.25, 0.3) is 0 Å². The van der Waals surface area contributed by atoms with Gasteiger partial charge in [-0.3, -0.25) is 0 Å². The third-order valence-corrected chi connectivity index (χ3v) is 2.70. The minimum atomic E-state index is -0.778. The summed E-state index contributed by atoms with van der Waals surface area (Å²) in [6, 6.07) is 8.06. The van der Waals surface area contributed by atoms with Gasteiger partial charge >= 0.3 is 21.7 Å². The molecule has 1 N–H and O–H groups in total. The van der Waals surface area contributed by atoms with Crippen LogP contribution in [0.4, 0.5) is 0 Å². The zero-order valence-corrected chi connectivity index (χ0v) is 13.5. The summed E-state index contributed by atoms with van der Waals surface area (Å²) in [6.07, 6.45) is 7.28. The van der Waals surface area contributed by atoms with E-state index in [-0.39, 0.29) is 46.5 Å². The maximum absolute atomic E-state index is 10.1. The van der Waals surface area contributed by atoms with Crippen molar-refractivity contribution < 1.29 is 51.6 Å². The Bertz CT molecular complexity index is 434. The number of hydrogen-bond donors (Lipinski definition) is 1. The first kappa shape index (κ1) is 20.3. The van der Waals surface area contributed by atoms with Crippen LogP contribution < -0.4 is 24.8 Å². The van der Waals surface area contributed by atoms with Crippen LogP contribution in [0.3, 0.4) is 0 Å². The van der Waals surface area contributed by atoms with Crippen molar-refractivity contribution in [1.82, 2.24) is 0 Å². The third kappa shape index (κ3) is 4.57. The summed E-state index contributed by atoms with van der Waals surface area (Å²) in [5, 5.41) is 10.1.